The summed E-state index contributed by atoms with van der Waals surface area (Å²) in [5.41, 5.74) is 2.50. The molecule has 4 amide bonds. The fourth-order valence-corrected chi connectivity index (χ4v) is 8.55. The van der Waals surface area contributed by atoms with Crippen LogP contribution in [0.5, 0.6) is 11.5 Å². The molecular weight excluding hydrogens is 564 g/mol. The Hall–Kier alpha value is -3.54. The van der Waals surface area contributed by atoms with Gasteiger partial charge in [0.2, 0.25) is 5.91 Å². The number of piperidine rings is 2. The van der Waals surface area contributed by atoms with E-state index in [1.54, 1.807) is 0 Å². The lowest BCUT2D eigenvalue weighted by molar-refractivity contribution is -0.135. The minimum absolute atomic E-state index is 0.00327. The summed E-state index contributed by atoms with van der Waals surface area (Å²) in [5, 5.41) is 13.2. The lowest BCUT2D eigenvalue weighted by Crippen LogP contribution is -2.62. The van der Waals surface area contributed by atoms with E-state index in [0.717, 1.165) is 68.7 Å². The van der Waals surface area contributed by atoms with Crippen LogP contribution >= 0.6 is 11.8 Å². The van der Waals surface area contributed by atoms with Gasteiger partial charge < -0.3 is 30.9 Å². The van der Waals surface area contributed by atoms with Gasteiger partial charge >= 0.3 is 6.03 Å². The number of nitrogens with zero attached hydrogens (tertiary/aromatic N) is 2. The van der Waals surface area contributed by atoms with Crippen LogP contribution in [0.1, 0.15) is 37.7 Å². The molecule has 5 atom stereocenters. The number of hydrogen-bond acceptors (Lipinski definition) is 7. The molecule has 5 aliphatic heterocycles. The van der Waals surface area contributed by atoms with Crippen molar-refractivity contribution >= 4 is 35.3 Å². The molecule has 11 heteroatoms. The fourth-order valence-electron chi connectivity index (χ4n) is 7.15. The molecule has 0 aliphatic carbocycles. The molecule has 0 aromatic heterocycles. The van der Waals surface area contributed by atoms with E-state index in [0.29, 0.717) is 22.9 Å². The van der Waals surface area contributed by atoms with E-state index < -0.39 is 0 Å². The minimum atomic E-state index is -0.219. The highest BCUT2D eigenvalue weighted by atomic mass is 32.2. The summed E-state index contributed by atoms with van der Waals surface area (Å²) >= 11 is 1.51. The van der Waals surface area contributed by atoms with Crippen molar-refractivity contribution in [3.8, 4) is 11.5 Å². The molecule has 0 saturated carbocycles. The molecule has 43 heavy (non-hydrogen) atoms. The summed E-state index contributed by atoms with van der Waals surface area (Å²) in [7, 11) is 0. The van der Waals surface area contributed by atoms with Crippen molar-refractivity contribution in [2.75, 3.05) is 31.1 Å². The summed E-state index contributed by atoms with van der Waals surface area (Å²) in [6.07, 6.45) is 4.37. The molecule has 4 saturated heterocycles. The first-order valence-electron chi connectivity index (χ1n) is 15.4. The molecule has 4 N–H and O–H groups in total. The Morgan fingerprint density at radius 1 is 1.00 bits per heavy atom. The predicted molar refractivity (Wildman–Crippen MR) is 166 cm³/mol. The third-order valence-electron chi connectivity index (χ3n) is 9.18. The topological polar surface area (TPSA) is 115 Å². The van der Waals surface area contributed by atoms with Crippen molar-refractivity contribution in [1.82, 2.24) is 26.2 Å². The maximum atomic E-state index is 13.7. The summed E-state index contributed by atoms with van der Waals surface area (Å²) in [5.74, 6) is 1.41. The van der Waals surface area contributed by atoms with E-state index in [1.807, 2.05) is 65.3 Å². The Morgan fingerprint density at radius 2 is 1.86 bits per heavy atom. The highest BCUT2D eigenvalue weighted by Crippen LogP contribution is 2.48. The average Bonchev–Trinajstić information content (AvgIpc) is 3.68. The maximum Gasteiger partial charge on any atom is 0.326 e. The fraction of sp³-hybridized carbons (Fsp3) is 0.469. The molecule has 4 fully saturated rings. The van der Waals surface area contributed by atoms with Crippen LogP contribution in [0.2, 0.25) is 0 Å². The van der Waals surface area contributed by atoms with E-state index in [2.05, 4.69) is 21.3 Å². The zero-order valence-corrected chi connectivity index (χ0v) is 25.1. The first kappa shape index (κ1) is 28.2. The molecule has 5 heterocycles. The first-order valence-corrected chi connectivity index (χ1v) is 16.3. The number of amides is 4. The number of hydrogen-bond donors (Lipinski definition) is 4. The number of likely N-dealkylation sites (tertiary alicyclic amines) is 1. The van der Waals surface area contributed by atoms with Gasteiger partial charge in [0.05, 0.1) is 22.4 Å². The lowest BCUT2D eigenvalue weighted by atomic mass is 9.86. The van der Waals surface area contributed by atoms with E-state index in [4.69, 9.17) is 4.74 Å². The van der Waals surface area contributed by atoms with E-state index >= 15 is 0 Å². The normalized spacial score (nSPS) is 28.4. The number of nitrogens with one attached hydrogen (secondary N) is 4. The number of aryl methyl sites for hydroxylation is 1. The van der Waals surface area contributed by atoms with Gasteiger partial charge in [-0.1, -0.05) is 30.0 Å². The van der Waals surface area contributed by atoms with Gasteiger partial charge in [0.25, 0.3) is 5.91 Å². The van der Waals surface area contributed by atoms with Crippen molar-refractivity contribution in [2.24, 2.45) is 5.92 Å². The van der Waals surface area contributed by atoms with Gasteiger partial charge in [-0.05, 0) is 88.0 Å². The van der Waals surface area contributed by atoms with Crippen LogP contribution in [0, 0.1) is 12.8 Å². The molecule has 7 rings (SSSR count). The van der Waals surface area contributed by atoms with Crippen LogP contribution in [-0.2, 0) is 9.59 Å². The van der Waals surface area contributed by atoms with E-state index in [1.165, 1.54) is 11.8 Å². The SMILES string of the molecule is Cc1cc(Oc2ccccc2)ccc1N1C(=O)NC2=C(C(=O)N[C@@H]3CCCN(C(=O)C4CCCN4)C3)SC3NCCC1C23. The third kappa shape index (κ3) is 5.49. The van der Waals surface area contributed by atoms with Crippen LogP contribution in [0.25, 0.3) is 0 Å². The van der Waals surface area contributed by atoms with E-state index in [9.17, 15) is 14.4 Å². The number of carbonyl (C=O) groups excluding carboxylic acids is 3. The second-order valence-corrected chi connectivity index (χ2v) is 13.2. The van der Waals surface area contributed by atoms with Gasteiger partial charge in [-0.3, -0.25) is 14.5 Å². The Morgan fingerprint density at radius 3 is 2.65 bits per heavy atom. The standard InChI is InChI=1S/C32H38N6O4S/c1-19-17-22(42-21-8-3-2-4-9-21)11-12-24(19)38-25-13-15-34-30-26(25)27(36-32(38)41)28(43-30)29(39)35-20-7-6-16-37(18-20)31(40)23-10-5-14-33-23/h2-4,8-9,11-12,17,20,23,25-26,30,33-34H,5-7,10,13-16,18H2,1H3,(H,35,39)(H,36,41)/t20-,23?,25?,26?,30?/m1/s1. The Balaban J connectivity index is 1.07. The van der Waals surface area contributed by atoms with Crippen molar-refractivity contribution < 1.29 is 19.1 Å². The van der Waals surface area contributed by atoms with Gasteiger partial charge in [-0.25, -0.2) is 4.79 Å². The third-order valence-corrected chi connectivity index (χ3v) is 10.5. The van der Waals surface area contributed by atoms with Crippen LogP contribution < -0.4 is 30.9 Å². The molecule has 2 aromatic carbocycles. The van der Waals surface area contributed by atoms with Crippen LogP contribution in [0.15, 0.2) is 59.1 Å². The highest BCUT2D eigenvalue weighted by molar-refractivity contribution is 8.04. The van der Waals surface area contributed by atoms with Gasteiger partial charge in [-0.2, -0.15) is 0 Å². The van der Waals surface area contributed by atoms with Crippen LogP contribution in [0.3, 0.4) is 0 Å². The van der Waals surface area contributed by atoms with Crippen molar-refractivity contribution in [2.45, 2.75) is 62.5 Å². The second-order valence-electron chi connectivity index (χ2n) is 12.0. The number of carbonyl (C=O) groups is 3. The molecule has 4 unspecified atom stereocenters. The van der Waals surface area contributed by atoms with Gasteiger partial charge in [0.15, 0.2) is 0 Å². The van der Waals surface area contributed by atoms with E-state index in [-0.39, 0.29) is 47.3 Å². The summed E-state index contributed by atoms with van der Waals surface area (Å²) in [6, 6.07) is 14.9. The molecule has 0 bridgehead atoms. The minimum Gasteiger partial charge on any atom is -0.457 e. The molecule has 10 nitrogen and oxygen atoms in total. The number of para-hydroxylation sites is 1. The van der Waals surface area contributed by atoms with Gasteiger partial charge in [0, 0.05) is 36.4 Å². The molecule has 2 aromatic rings. The Kier molecular flexibility index (Phi) is 7.79. The molecule has 0 radical (unpaired) electrons. The predicted octanol–water partition coefficient (Wildman–Crippen LogP) is 3.44. The average molecular weight is 603 g/mol. The summed E-state index contributed by atoms with van der Waals surface area (Å²) in [6.45, 7) is 4.88. The zero-order valence-electron chi connectivity index (χ0n) is 24.3. The number of thioether (sulfide) groups is 1. The summed E-state index contributed by atoms with van der Waals surface area (Å²) in [4.78, 5) is 44.7. The smallest absolute Gasteiger partial charge is 0.326 e. The Bertz CT molecular complexity index is 1440. The van der Waals surface area contributed by atoms with Crippen molar-refractivity contribution in [3.63, 3.8) is 0 Å². The van der Waals surface area contributed by atoms with Gasteiger partial charge in [-0.15, -0.1) is 0 Å². The van der Waals surface area contributed by atoms with Gasteiger partial charge in [0.1, 0.15) is 11.5 Å². The quantitative estimate of drug-likeness (QED) is 0.401. The first-order chi connectivity index (χ1) is 21.0. The number of benzene rings is 2. The number of rotatable bonds is 6. The number of ether oxygens (including phenoxy) is 1. The summed E-state index contributed by atoms with van der Waals surface area (Å²) < 4.78 is 6.02. The highest BCUT2D eigenvalue weighted by Gasteiger charge is 2.52. The molecular formula is C32H38N6O4S. The largest absolute Gasteiger partial charge is 0.457 e. The monoisotopic (exact) mass is 602 g/mol. The van der Waals surface area contributed by atoms with Crippen LogP contribution in [0.4, 0.5) is 10.5 Å². The van der Waals surface area contributed by atoms with Crippen LogP contribution in [-0.4, -0.2) is 72.4 Å². The maximum absolute atomic E-state index is 13.7. The number of anilines is 1. The number of urea groups is 1. The second kappa shape index (κ2) is 11.9. The van der Waals surface area contributed by atoms with Crippen molar-refractivity contribution in [3.05, 3.63) is 64.7 Å². The van der Waals surface area contributed by atoms with Crippen molar-refractivity contribution in [1.29, 1.82) is 0 Å². The molecule has 0 spiro atoms. The molecule has 5 aliphatic rings. The zero-order chi connectivity index (χ0) is 29.5. The lowest BCUT2D eigenvalue weighted by Gasteiger charge is -2.46. The Labute approximate surface area is 256 Å². The molecule has 226 valence electrons.